The Kier molecular flexibility index (Phi) is 4.60. The van der Waals surface area contributed by atoms with Gasteiger partial charge in [-0.1, -0.05) is 24.3 Å². The van der Waals surface area contributed by atoms with Gasteiger partial charge in [0.2, 0.25) is 5.89 Å². The number of aryl methyl sites for hydroxylation is 3. The Morgan fingerprint density at radius 1 is 1.32 bits per heavy atom. The number of hydrogen-bond acceptors (Lipinski definition) is 4. The molecule has 1 atom stereocenters. The zero-order chi connectivity index (χ0) is 15.5. The van der Waals surface area contributed by atoms with Gasteiger partial charge in [-0.25, -0.2) is 4.98 Å². The predicted octanol–water partition coefficient (Wildman–Crippen LogP) is 3.16. The van der Waals surface area contributed by atoms with Crippen LogP contribution in [0.4, 0.5) is 0 Å². The third kappa shape index (κ3) is 3.08. The number of benzene rings is 1. The van der Waals surface area contributed by atoms with Crippen LogP contribution in [0.5, 0.6) is 0 Å². The van der Waals surface area contributed by atoms with Crippen molar-refractivity contribution in [1.82, 2.24) is 9.88 Å². The summed E-state index contributed by atoms with van der Waals surface area (Å²) in [5.74, 6) is 1.62. The summed E-state index contributed by atoms with van der Waals surface area (Å²) in [6.07, 6.45) is 3.46. The number of aromatic nitrogens is 1. The van der Waals surface area contributed by atoms with E-state index in [-0.39, 0.29) is 6.61 Å². The van der Waals surface area contributed by atoms with Gasteiger partial charge in [-0.05, 0) is 44.2 Å². The van der Waals surface area contributed by atoms with Crippen molar-refractivity contribution in [1.29, 1.82) is 0 Å². The number of aliphatic hydroxyl groups is 1. The summed E-state index contributed by atoms with van der Waals surface area (Å²) in [6.45, 7) is 5.35. The second-order valence-electron chi connectivity index (χ2n) is 6.05. The summed E-state index contributed by atoms with van der Waals surface area (Å²) in [6, 6.07) is 8.99. The van der Waals surface area contributed by atoms with Gasteiger partial charge in [0, 0.05) is 12.6 Å². The lowest BCUT2D eigenvalue weighted by Crippen LogP contribution is -2.33. The molecule has 1 aliphatic carbocycles. The van der Waals surface area contributed by atoms with Gasteiger partial charge in [-0.2, -0.15) is 0 Å². The standard InChI is InChI=1S/C18H24N2O2/c1-13-14(2)22-18(19-13)12-20(10-11-21)17-9-5-7-15-6-3-4-8-16(15)17/h3-4,6,8,17,21H,5,7,9-12H2,1-2H3. The summed E-state index contributed by atoms with van der Waals surface area (Å²) in [5.41, 5.74) is 3.77. The van der Waals surface area contributed by atoms with E-state index in [9.17, 15) is 5.11 Å². The van der Waals surface area contributed by atoms with Crippen LogP contribution in [0.3, 0.4) is 0 Å². The van der Waals surface area contributed by atoms with Gasteiger partial charge in [0.05, 0.1) is 18.8 Å². The molecular weight excluding hydrogens is 276 g/mol. The summed E-state index contributed by atoms with van der Waals surface area (Å²) >= 11 is 0. The van der Waals surface area contributed by atoms with E-state index in [4.69, 9.17) is 4.42 Å². The largest absolute Gasteiger partial charge is 0.444 e. The van der Waals surface area contributed by atoms with E-state index in [1.54, 1.807) is 0 Å². The SMILES string of the molecule is Cc1nc(CN(CCO)C2CCCc3ccccc32)oc1C. The lowest BCUT2D eigenvalue weighted by molar-refractivity contribution is 0.120. The van der Waals surface area contributed by atoms with Crippen molar-refractivity contribution in [3.63, 3.8) is 0 Å². The van der Waals surface area contributed by atoms with Gasteiger partial charge in [0.15, 0.2) is 0 Å². The zero-order valence-corrected chi connectivity index (χ0v) is 13.4. The first kappa shape index (κ1) is 15.3. The fourth-order valence-electron chi connectivity index (χ4n) is 3.36. The molecule has 2 aromatic rings. The summed E-state index contributed by atoms with van der Waals surface area (Å²) < 4.78 is 5.74. The number of fused-ring (bicyclic) bond motifs is 1. The van der Waals surface area contributed by atoms with Crippen LogP contribution < -0.4 is 0 Å². The molecule has 4 nitrogen and oxygen atoms in total. The van der Waals surface area contributed by atoms with Gasteiger partial charge in [0.1, 0.15) is 5.76 Å². The van der Waals surface area contributed by atoms with E-state index in [0.717, 1.165) is 30.2 Å². The quantitative estimate of drug-likeness (QED) is 0.921. The molecular formula is C18H24N2O2. The molecule has 0 amide bonds. The topological polar surface area (TPSA) is 49.5 Å². The normalized spacial score (nSPS) is 17.7. The van der Waals surface area contributed by atoms with Crippen molar-refractivity contribution in [3.8, 4) is 0 Å². The molecule has 0 spiro atoms. The molecule has 0 radical (unpaired) electrons. The van der Waals surface area contributed by atoms with Gasteiger partial charge in [-0.15, -0.1) is 0 Å². The Morgan fingerprint density at radius 3 is 2.86 bits per heavy atom. The molecule has 1 aromatic heterocycles. The Morgan fingerprint density at radius 2 is 2.14 bits per heavy atom. The summed E-state index contributed by atoms with van der Waals surface area (Å²) in [7, 11) is 0. The average Bonchev–Trinajstić information content (AvgIpc) is 2.84. The van der Waals surface area contributed by atoms with Gasteiger partial charge in [-0.3, -0.25) is 4.90 Å². The molecule has 4 heteroatoms. The molecule has 0 saturated carbocycles. The van der Waals surface area contributed by atoms with Crippen LogP contribution in [-0.4, -0.2) is 28.1 Å². The molecule has 3 rings (SSSR count). The van der Waals surface area contributed by atoms with Gasteiger partial charge >= 0.3 is 0 Å². The Labute approximate surface area is 131 Å². The Hall–Kier alpha value is -1.65. The van der Waals surface area contributed by atoms with Crippen molar-refractivity contribution >= 4 is 0 Å². The van der Waals surface area contributed by atoms with Crippen LogP contribution in [0.1, 0.15) is 47.4 Å². The van der Waals surface area contributed by atoms with Crippen LogP contribution in [0.2, 0.25) is 0 Å². The average molecular weight is 300 g/mol. The van der Waals surface area contributed by atoms with Crippen molar-refractivity contribution < 1.29 is 9.52 Å². The number of aliphatic hydroxyl groups excluding tert-OH is 1. The smallest absolute Gasteiger partial charge is 0.208 e. The lowest BCUT2D eigenvalue weighted by Gasteiger charge is -2.34. The second kappa shape index (κ2) is 6.63. The fraction of sp³-hybridized carbons (Fsp3) is 0.500. The highest BCUT2D eigenvalue weighted by Gasteiger charge is 2.26. The number of hydrogen-bond donors (Lipinski definition) is 1. The highest BCUT2D eigenvalue weighted by Crippen LogP contribution is 2.34. The summed E-state index contributed by atoms with van der Waals surface area (Å²) in [4.78, 5) is 6.79. The zero-order valence-electron chi connectivity index (χ0n) is 13.4. The molecule has 1 aliphatic rings. The van der Waals surface area contributed by atoms with E-state index in [1.165, 1.54) is 17.5 Å². The van der Waals surface area contributed by atoms with E-state index >= 15 is 0 Å². The van der Waals surface area contributed by atoms with E-state index in [1.807, 2.05) is 13.8 Å². The Bertz CT molecular complexity index is 616. The maximum atomic E-state index is 9.46. The molecule has 22 heavy (non-hydrogen) atoms. The molecule has 0 saturated heterocycles. The molecule has 1 heterocycles. The number of rotatable bonds is 5. The molecule has 0 fully saturated rings. The third-order valence-electron chi connectivity index (χ3n) is 4.58. The molecule has 1 aromatic carbocycles. The lowest BCUT2D eigenvalue weighted by atomic mass is 9.87. The summed E-state index contributed by atoms with van der Waals surface area (Å²) in [5, 5.41) is 9.46. The van der Waals surface area contributed by atoms with E-state index < -0.39 is 0 Å². The Balaban J connectivity index is 1.85. The number of nitrogens with zero attached hydrogens (tertiary/aromatic N) is 2. The maximum Gasteiger partial charge on any atom is 0.208 e. The van der Waals surface area contributed by atoms with Crippen LogP contribution >= 0.6 is 0 Å². The highest BCUT2D eigenvalue weighted by atomic mass is 16.4. The molecule has 0 aliphatic heterocycles. The van der Waals surface area contributed by atoms with Crippen LogP contribution in [-0.2, 0) is 13.0 Å². The molecule has 0 bridgehead atoms. The minimum atomic E-state index is 0.150. The second-order valence-corrected chi connectivity index (χ2v) is 6.05. The van der Waals surface area contributed by atoms with Crippen molar-refractivity contribution in [2.24, 2.45) is 0 Å². The van der Waals surface area contributed by atoms with Crippen molar-refractivity contribution in [2.75, 3.05) is 13.2 Å². The van der Waals surface area contributed by atoms with Crippen molar-refractivity contribution in [2.45, 2.75) is 45.7 Å². The third-order valence-corrected chi connectivity index (χ3v) is 4.58. The fourth-order valence-corrected chi connectivity index (χ4v) is 3.36. The first-order valence-corrected chi connectivity index (χ1v) is 8.04. The van der Waals surface area contributed by atoms with Crippen LogP contribution in [0.15, 0.2) is 28.7 Å². The highest BCUT2D eigenvalue weighted by molar-refractivity contribution is 5.32. The minimum Gasteiger partial charge on any atom is -0.444 e. The maximum absolute atomic E-state index is 9.46. The van der Waals surface area contributed by atoms with Crippen LogP contribution in [0.25, 0.3) is 0 Å². The minimum absolute atomic E-state index is 0.150. The van der Waals surface area contributed by atoms with Crippen LogP contribution in [0, 0.1) is 13.8 Å². The number of oxazole rings is 1. The predicted molar refractivity (Wildman–Crippen MR) is 85.6 cm³/mol. The first-order valence-electron chi connectivity index (χ1n) is 8.04. The van der Waals surface area contributed by atoms with Crippen molar-refractivity contribution in [3.05, 3.63) is 52.7 Å². The van der Waals surface area contributed by atoms with Gasteiger partial charge in [0.25, 0.3) is 0 Å². The van der Waals surface area contributed by atoms with Gasteiger partial charge < -0.3 is 9.52 Å². The first-order chi connectivity index (χ1) is 10.7. The molecule has 1 unspecified atom stereocenters. The molecule has 1 N–H and O–H groups in total. The van der Waals surface area contributed by atoms with E-state index in [2.05, 4.69) is 34.1 Å². The van der Waals surface area contributed by atoms with E-state index in [0.29, 0.717) is 19.1 Å². The molecule has 118 valence electrons. The monoisotopic (exact) mass is 300 g/mol.